The van der Waals surface area contributed by atoms with Gasteiger partial charge in [-0.25, -0.2) is 9.19 Å². The van der Waals surface area contributed by atoms with Crippen LogP contribution < -0.4 is 5.32 Å². The number of hydrogen-bond acceptors (Lipinski definition) is 4. The zero-order chi connectivity index (χ0) is 28.4. The van der Waals surface area contributed by atoms with Crippen LogP contribution in [-0.4, -0.2) is 47.1 Å². The van der Waals surface area contributed by atoms with E-state index in [1.54, 1.807) is 18.3 Å². The Balaban J connectivity index is 1.40. The molecule has 0 saturated heterocycles. The van der Waals surface area contributed by atoms with Crippen LogP contribution in [0, 0.1) is 13.8 Å². The molecule has 5 rings (SSSR count). The summed E-state index contributed by atoms with van der Waals surface area (Å²) in [5, 5.41) is 10.3. The van der Waals surface area contributed by atoms with Gasteiger partial charge >= 0.3 is 0 Å². The van der Waals surface area contributed by atoms with E-state index in [4.69, 9.17) is 32.7 Å². The molecular formula is C29H27Cl2N5O3S. The lowest BCUT2D eigenvalue weighted by Gasteiger charge is -2.17. The molecule has 5 aromatic rings. The van der Waals surface area contributed by atoms with E-state index in [0.717, 1.165) is 28.0 Å². The van der Waals surface area contributed by atoms with E-state index >= 15 is 0 Å². The van der Waals surface area contributed by atoms with Crippen LogP contribution in [-0.2, 0) is 17.5 Å². The van der Waals surface area contributed by atoms with Crippen LogP contribution in [0.1, 0.15) is 44.5 Å². The first-order valence-corrected chi connectivity index (χ1v) is 14.6. The summed E-state index contributed by atoms with van der Waals surface area (Å²) >= 11 is 11.2. The number of aromatic amines is 2. The normalized spacial score (nSPS) is 12.9. The minimum Gasteiger partial charge on any atom is -0.351 e. The Morgan fingerprint density at radius 1 is 1.07 bits per heavy atom. The SMILES string of the molecule is Cc1cc2nc(C(CNC(=O)c3c(Cl)cc(-c4cn[nH]c4CCS(=O)O)cc3Cl)c3ccccc3)[nH]c2cc1C. The van der Waals surface area contributed by atoms with Crippen LogP contribution in [0.15, 0.2) is 60.8 Å². The first kappa shape index (κ1) is 28.0. The number of rotatable bonds is 9. The van der Waals surface area contributed by atoms with Crippen molar-refractivity contribution in [2.75, 3.05) is 12.3 Å². The number of carbonyl (C=O) groups is 1. The maximum atomic E-state index is 13.4. The number of benzene rings is 3. The monoisotopic (exact) mass is 595 g/mol. The lowest BCUT2D eigenvalue weighted by atomic mass is 9.98. The van der Waals surface area contributed by atoms with E-state index in [9.17, 15) is 9.00 Å². The molecule has 8 nitrogen and oxygen atoms in total. The fourth-order valence-electron chi connectivity index (χ4n) is 4.68. The van der Waals surface area contributed by atoms with Crippen LogP contribution >= 0.6 is 23.2 Å². The van der Waals surface area contributed by atoms with Gasteiger partial charge in [0.05, 0.1) is 44.5 Å². The van der Waals surface area contributed by atoms with Crippen molar-refractivity contribution >= 4 is 51.2 Å². The lowest BCUT2D eigenvalue weighted by Crippen LogP contribution is -2.29. The third-order valence-electron chi connectivity index (χ3n) is 6.94. The molecule has 206 valence electrons. The van der Waals surface area contributed by atoms with Crippen LogP contribution in [0.3, 0.4) is 0 Å². The molecule has 0 aliphatic heterocycles. The predicted molar refractivity (Wildman–Crippen MR) is 160 cm³/mol. The molecule has 2 unspecified atom stereocenters. The van der Waals surface area contributed by atoms with Gasteiger partial charge in [0.15, 0.2) is 11.1 Å². The summed E-state index contributed by atoms with van der Waals surface area (Å²) in [6.07, 6.45) is 1.91. The van der Waals surface area contributed by atoms with Gasteiger partial charge in [-0.3, -0.25) is 9.89 Å². The van der Waals surface area contributed by atoms with Gasteiger partial charge in [0, 0.05) is 24.2 Å². The highest BCUT2D eigenvalue weighted by Gasteiger charge is 2.23. The van der Waals surface area contributed by atoms with Gasteiger partial charge in [0.25, 0.3) is 5.91 Å². The molecule has 2 atom stereocenters. The fourth-order valence-corrected chi connectivity index (χ4v) is 5.72. The van der Waals surface area contributed by atoms with Gasteiger partial charge in [-0.2, -0.15) is 5.10 Å². The number of H-pyrrole nitrogens is 2. The number of halogens is 2. The van der Waals surface area contributed by atoms with Crippen molar-refractivity contribution < 1.29 is 13.6 Å². The molecule has 11 heteroatoms. The van der Waals surface area contributed by atoms with Gasteiger partial charge in [0.2, 0.25) is 0 Å². The van der Waals surface area contributed by atoms with Gasteiger partial charge in [-0.1, -0.05) is 53.5 Å². The topological polar surface area (TPSA) is 124 Å². The number of nitrogens with one attached hydrogen (secondary N) is 3. The minimum atomic E-state index is -1.93. The van der Waals surface area contributed by atoms with Crippen LogP contribution in [0.2, 0.25) is 10.0 Å². The van der Waals surface area contributed by atoms with Crippen molar-refractivity contribution in [3.05, 3.63) is 105 Å². The number of hydrogen-bond donors (Lipinski definition) is 4. The number of nitrogens with zero attached hydrogens (tertiary/aromatic N) is 2. The Kier molecular flexibility index (Phi) is 8.37. The summed E-state index contributed by atoms with van der Waals surface area (Å²) in [6.45, 7) is 4.38. The number of imidazole rings is 1. The quantitative estimate of drug-likeness (QED) is 0.151. The molecule has 0 aliphatic carbocycles. The van der Waals surface area contributed by atoms with E-state index in [2.05, 4.69) is 46.5 Å². The molecule has 0 aliphatic rings. The maximum absolute atomic E-state index is 13.4. The van der Waals surface area contributed by atoms with E-state index in [-0.39, 0.29) is 33.8 Å². The standard InChI is InChI=1S/C29H27Cl2N5O3S/c1-16-10-25-26(11-17(16)2)35-28(34-25)21(18-6-4-3-5-7-18)14-32-29(37)27-22(30)12-19(13-23(27)31)20-15-33-36-24(20)8-9-40(38)39/h3-7,10-13,15,21H,8-9,14H2,1-2H3,(H,32,37)(H,33,36)(H,34,35)(H,38,39). The van der Waals surface area contributed by atoms with Crippen LogP contribution in [0.5, 0.6) is 0 Å². The van der Waals surface area contributed by atoms with E-state index in [1.165, 1.54) is 5.56 Å². The molecule has 0 fully saturated rings. The van der Waals surface area contributed by atoms with Crippen molar-refractivity contribution in [1.82, 2.24) is 25.5 Å². The van der Waals surface area contributed by atoms with Gasteiger partial charge < -0.3 is 14.9 Å². The van der Waals surface area contributed by atoms with E-state index in [0.29, 0.717) is 23.2 Å². The Labute approximate surface area is 243 Å². The summed E-state index contributed by atoms with van der Waals surface area (Å²) in [6, 6.07) is 17.3. The van der Waals surface area contributed by atoms with Crippen molar-refractivity contribution in [1.29, 1.82) is 0 Å². The highest BCUT2D eigenvalue weighted by Crippen LogP contribution is 2.33. The summed E-state index contributed by atoms with van der Waals surface area (Å²) < 4.78 is 20.3. The van der Waals surface area contributed by atoms with Gasteiger partial charge in [0.1, 0.15) is 5.82 Å². The summed E-state index contributed by atoms with van der Waals surface area (Å²) in [5.41, 5.74) is 7.32. The second kappa shape index (κ2) is 11.9. The van der Waals surface area contributed by atoms with Crippen molar-refractivity contribution in [3.8, 4) is 11.1 Å². The molecule has 0 bridgehead atoms. The highest BCUT2D eigenvalue weighted by molar-refractivity contribution is 7.79. The third kappa shape index (κ3) is 5.97. The molecule has 1 amide bonds. The average molecular weight is 597 g/mol. The van der Waals surface area contributed by atoms with Gasteiger partial charge in [-0.15, -0.1) is 0 Å². The second-order valence-electron chi connectivity index (χ2n) is 9.60. The summed E-state index contributed by atoms with van der Waals surface area (Å²) in [4.78, 5) is 21.7. The molecule has 40 heavy (non-hydrogen) atoms. The molecule has 0 saturated carbocycles. The first-order chi connectivity index (χ1) is 19.2. The number of fused-ring (bicyclic) bond motifs is 1. The molecular weight excluding hydrogens is 569 g/mol. The minimum absolute atomic E-state index is 0.0597. The summed E-state index contributed by atoms with van der Waals surface area (Å²) in [5.74, 6) is 0.161. The molecule has 0 spiro atoms. The number of amides is 1. The Bertz CT molecular complexity index is 1660. The van der Waals surface area contributed by atoms with E-state index in [1.807, 2.05) is 30.3 Å². The fraction of sp³-hybridized carbons (Fsp3) is 0.207. The Morgan fingerprint density at radius 2 is 1.77 bits per heavy atom. The Hall–Kier alpha value is -3.50. The van der Waals surface area contributed by atoms with Crippen molar-refractivity contribution in [3.63, 3.8) is 0 Å². The van der Waals surface area contributed by atoms with Crippen LogP contribution in [0.25, 0.3) is 22.2 Å². The number of aryl methyl sites for hydroxylation is 3. The lowest BCUT2D eigenvalue weighted by molar-refractivity contribution is 0.0952. The smallest absolute Gasteiger partial charge is 0.254 e. The van der Waals surface area contributed by atoms with Crippen molar-refractivity contribution in [2.24, 2.45) is 0 Å². The average Bonchev–Trinajstić information content (AvgIpc) is 3.55. The molecule has 0 radical (unpaired) electrons. The summed E-state index contributed by atoms with van der Waals surface area (Å²) in [7, 11) is 0. The zero-order valence-corrected chi connectivity index (χ0v) is 24.1. The molecule has 2 aromatic heterocycles. The predicted octanol–water partition coefficient (Wildman–Crippen LogP) is 6.20. The highest BCUT2D eigenvalue weighted by atomic mass is 35.5. The maximum Gasteiger partial charge on any atom is 0.254 e. The van der Waals surface area contributed by atoms with Crippen LogP contribution in [0.4, 0.5) is 0 Å². The largest absolute Gasteiger partial charge is 0.351 e. The third-order valence-corrected chi connectivity index (χ3v) is 8.09. The molecule has 2 heterocycles. The molecule has 4 N–H and O–H groups in total. The second-order valence-corrected chi connectivity index (χ2v) is 11.5. The Morgan fingerprint density at radius 3 is 2.48 bits per heavy atom. The molecule has 3 aromatic carbocycles. The van der Waals surface area contributed by atoms with Gasteiger partial charge in [-0.05, 0) is 60.4 Å². The van der Waals surface area contributed by atoms with E-state index < -0.39 is 17.0 Å². The number of aromatic nitrogens is 4. The zero-order valence-electron chi connectivity index (χ0n) is 21.8. The first-order valence-electron chi connectivity index (χ1n) is 12.6. The number of carbonyl (C=O) groups excluding carboxylic acids is 1. The van der Waals surface area contributed by atoms with Crippen molar-refractivity contribution in [2.45, 2.75) is 26.2 Å².